The van der Waals surface area contributed by atoms with Crippen molar-refractivity contribution in [2.75, 3.05) is 7.11 Å². The van der Waals surface area contributed by atoms with Gasteiger partial charge in [0.25, 0.3) is 0 Å². The highest BCUT2D eigenvalue weighted by Gasteiger charge is 2.10. The van der Waals surface area contributed by atoms with Crippen molar-refractivity contribution in [2.45, 2.75) is 6.92 Å². The largest absolute Gasteiger partial charge is 0.466 e. The van der Waals surface area contributed by atoms with Gasteiger partial charge in [0, 0.05) is 6.08 Å². The molecule has 0 amide bonds. The van der Waals surface area contributed by atoms with Crippen molar-refractivity contribution in [1.29, 1.82) is 0 Å². The maximum Gasteiger partial charge on any atom is 0.330 e. The molecule has 0 saturated heterocycles. The molecule has 0 fully saturated rings. The number of hydrogen-bond acceptors (Lipinski definition) is 3. The molecule has 0 bridgehead atoms. The Bertz CT molecular complexity index is 626. The second kappa shape index (κ2) is 5.52. The number of rotatable bonds is 3. The molecule has 0 radical (unpaired) electrons. The lowest BCUT2D eigenvalue weighted by molar-refractivity contribution is -0.134. The van der Waals surface area contributed by atoms with Gasteiger partial charge in [0.15, 0.2) is 0 Å². The predicted octanol–water partition coefficient (Wildman–Crippen LogP) is 3.66. The minimum Gasteiger partial charge on any atom is -0.466 e. The number of carbonyl (C=O) groups is 1. The molecule has 0 aliphatic rings. The Balaban J connectivity index is 2.32. The molecule has 1 aromatic heterocycles. The molecule has 1 heterocycles. The third-order valence-corrected chi connectivity index (χ3v) is 2.67. The van der Waals surface area contributed by atoms with Crippen LogP contribution in [-0.4, -0.2) is 13.1 Å². The molecule has 0 aliphatic heterocycles. The average molecular weight is 260 g/mol. The van der Waals surface area contributed by atoms with Gasteiger partial charge >= 0.3 is 5.97 Å². The number of benzene rings is 1. The molecular formula is C15H13FO3. The van der Waals surface area contributed by atoms with Crippen molar-refractivity contribution in [3.63, 3.8) is 0 Å². The summed E-state index contributed by atoms with van der Waals surface area (Å²) in [5, 5.41) is 0. The van der Waals surface area contributed by atoms with Gasteiger partial charge < -0.3 is 9.15 Å². The lowest BCUT2D eigenvalue weighted by Gasteiger charge is -1.99. The van der Waals surface area contributed by atoms with Crippen LogP contribution >= 0.6 is 0 Å². The molecule has 3 nitrogen and oxygen atoms in total. The van der Waals surface area contributed by atoms with Gasteiger partial charge in [-0.1, -0.05) is 12.1 Å². The summed E-state index contributed by atoms with van der Waals surface area (Å²) in [5.74, 6) is 0.119. The van der Waals surface area contributed by atoms with Crippen molar-refractivity contribution in [3.05, 3.63) is 54.1 Å². The van der Waals surface area contributed by atoms with Crippen LogP contribution in [0.5, 0.6) is 0 Å². The summed E-state index contributed by atoms with van der Waals surface area (Å²) in [7, 11) is 1.30. The molecule has 1 aromatic carbocycles. The second-order valence-corrected chi connectivity index (χ2v) is 3.99. The van der Waals surface area contributed by atoms with E-state index in [1.54, 1.807) is 37.3 Å². The van der Waals surface area contributed by atoms with Gasteiger partial charge in [0.05, 0.1) is 12.7 Å². The van der Waals surface area contributed by atoms with E-state index in [-0.39, 0.29) is 5.82 Å². The Hall–Kier alpha value is -2.36. The van der Waals surface area contributed by atoms with Crippen molar-refractivity contribution in [2.24, 2.45) is 0 Å². The molecule has 0 spiro atoms. The third-order valence-electron chi connectivity index (χ3n) is 2.67. The fraction of sp³-hybridized carbons (Fsp3) is 0.133. The van der Waals surface area contributed by atoms with Crippen LogP contribution in [0, 0.1) is 5.82 Å². The molecule has 0 aliphatic carbocycles. The minimum absolute atomic E-state index is 0.349. The minimum atomic E-state index is -0.457. The van der Waals surface area contributed by atoms with E-state index in [0.717, 1.165) is 0 Å². The number of furan rings is 1. The number of ether oxygens (including phenoxy) is 1. The lowest BCUT2D eigenvalue weighted by atomic mass is 10.1. The molecular weight excluding hydrogens is 247 g/mol. The van der Waals surface area contributed by atoms with E-state index >= 15 is 0 Å². The van der Waals surface area contributed by atoms with Crippen molar-refractivity contribution in [1.82, 2.24) is 0 Å². The zero-order valence-corrected chi connectivity index (χ0v) is 10.6. The first kappa shape index (κ1) is 13.1. The van der Waals surface area contributed by atoms with E-state index in [9.17, 15) is 9.18 Å². The number of hydrogen-bond donors (Lipinski definition) is 0. The Labute approximate surface area is 110 Å². The van der Waals surface area contributed by atoms with Crippen molar-refractivity contribution in [3.8, 4) is 11.3 Å². The first-order valence-electron chi connectivity index (χ1n) is 5.73. The summed E-state index contributed by atoms with van der Waals surface area (Å²) >= 11 is 0. The molecule has 0 saturated carbocycles. The monoisotopic (exact) mass is 260 g/mol. The Morgan fingerprint density at radius 2 is 2.00 bits per heavy atom. The van der Waals surface area contributed by atoms with Gasteiger partial charge in [0.2, 0.25) is 0 Å². The zero-order valence-electron chi connectivity index (χ0n) is 10.6. The predicted molar refractivity (Wildman–Crippen MR) is 69.8 cm³/mol. The Morgan fingerprint density at radius 1 is 1.26 bits per heavy atom. The summed E-state index contributed by atoms with van der Waals surface area (Å²) in [4.78, 5) is 11.1. The first-order valence-corrected chi connectivity index (χ1v) is 5.73. The van der Waals surface area contributed by atoms with Crippen LogP contribution in [0.1, 0.15) is 12.7 Å². The SMILES string of the molecule is COC(=O)/C=C(\C)c1ccc(-c2ccccc2F)o1. The van der Waals surface area contributed by atoms with Gasteiger partial charge in [-0.2, -0.15) is 0 Å². The smallest absolute Gasteiger partial charge is 0.330 e. The normalized spacial score (nSPS) is 11.4. The van der Waals surface area contributed by atoms with Crippen LogP contribution in [0.3, 0.4) is 0 Å². The molecule has 4 heteroatoms. The quantitative estimate of drug-likeness (QED) is 0.624. The molecule has 2 aromatic rings. The number of allylic oxidation sites excluding steroid dienone is 1. The van der Waals surface area contributed by atoms with Gasteiger partial charge in [0.1, 0.15) is 17.3 Å². The van der Waals surface area contributed by atoms with Crippen LogP contribution in [0.25, 0.3) is 16.9 Å². The van der Waals surface area contributed by atoms with Gasteiger partial charge in [-0.25, -0.2) is 9.18 Å². The van der Waals surface area contributed by atoms with E-state index in [1.165, 1.54) is 19.3 Å². The molecule has 2 rings (SSSR count). The summed E-state index contributed by atoms with van der Waals surface area (Å²) < 4.78 is 23.7. The molecule has 0 N–H and O–H groups in total. The number of halogens is 1. The number of esters is 1. The van der Waals surface area contributed by atoms with Crippen LogP contribution in [-0.2, 0) is 9.53 Å². The summed E-state index contributed by atoms with van der Waals surface area (Å²) in [6.45, 7) is 1.72. The maximum atomic E-state index is 13.6. The maximum absolute atomic E-state index is 13.6. The van der Waals surface area contributed by atoms with Crippen LogP contribution in [0.4, 0.5) is 4.39 Å². The van der Waals surface area contributed by atoms with Crippen molar-refractivity contribution < 1.29 is 18.3 Å². The van der Waals surface area contributed by atoms with E-state index in [2.05, 4.69) is 4.74 Å². The van der Waals surface area contributed by atoms with Gasteiger partial charge in [-0.3, -0.25) is 0 Å². The van der Waals surface area contributed by atoms with E-state index in [1.807, 2.05) is 0 Å². The molecule has 0 unspecified atom stereocenters. The molecule has 19 heavy (non-hydrogen) atoms. The van der Waals surface area contributed by atoms with E-state index in [0.29, 0.717) is 22.7 Å². The summed E-state index contributed by atoms with van der Waals surface area (Å²) in [6.07, 6.45) is 1.32. The Morgan fingerprint density at radius 3 is 2.68 bits per heavy atom. The van der Waals surface area contributed by atoms with Crippen LogP contribution in [0.15, 0.2) is 46.9 Å². The van der Waals surface area contributed by atoms with Gasteiger partial charge in [-0.05, 0) is 36.8 Å². The fourth-order valence-electron chi connectivity index (χ4n) is 1.66. The Kier molecular flexibility index (Phi) is 3.80. The van der Waals surface area contributed by atoms with Crippen molar-refractivity contribution >= 4 is 11.5 Å². The molecule has 98 valence electrons. The summed E-state index contributed by atoms with van der Waals surface area (Å²) in [6, 6.07) is 9.72. The highest BCUT2D eigenvalue weighted by molar-refractivity contribution is 5.90. The first-order chi connectivity index (χ1) is 9.11. The second-order valence-electron chi connectivity index (χ2n) is 3.99. The number of methoxy groups -OCH3 is 1. The van der Waals surface area contributed by atoms with Gasteiger partial charge in [-0.15, -0.1) is 0 Å². The van der Waals surface area contributed by atoms with E-state index < -0.39 is 5.97 Å². The lowest BCUT2D eigenvalue weighted by Crippen LogP contribution is -1.95. The standard InChI is InChI=1S/C15H13FO3/c1-10(9-15(17)18-2)13-7-8-14(19-13)11-5-3-4-6-12(11)16/h3-9H,1-2H3/b10-9+. The third kappa shape index (κ3) is 2.91. The average Bonchev–Trinajstić information content (AvgIpc) is 2.88. The van der Waals surface area contributed by atoms with E-state index in [4.69, 9.17) is 4.42 Å². The summed E-state index contributed by atoms with van der Waals surface area (Å²) in [5.41, 5.74) is 1.01. The molecule has 0 atom stereocenters. The fourth-order valence-corrected chi connectivity index (χ4v) is 1.66. The zero-order chi connectivity index (χ0) is 13.8. The number of carbonyl (C=O) groups excluding carboxylic acids is 1. The van der Waals surface area contributed by atoms with Crippen LogP contribution in [0.2, 0.25) is 0 Å². The van der Waals surface area contributed by atoms with Crippen LogP contribution < -0.4 is 0 Å². The topological polar surface area (TPSA) is 39.4 Å². The highest BCUT2D eigenvalue weighted by Crippen LogP contribution is 2.27. The highest BCUT2D eigenvalue weighted by atomic mass is 19.1.